The van der Waals surface area contributed by atoms with Gasteiger partial charge in [0.1, 0.15) is 0 Å². The fourth-order valence-electron chi connectivity index (χ4n) is 1.55. The zero-order valence-corrected chi connectivity index (χ0v) is 8.27. The van der Waals surface area contributed by atoms with Crippen molar-refractivity contribution >= 4 is 5.97 Å². The number of aryl methyl sites for hydroxylation is 1. The van der Waals surface area contributed by atoms with Crippen molar-refractivity contribution in [3.05, 3.63) is 11.7 Å². The lowest BCUT2D eigenvalue weighted by Crippen LogP contribution is -2.44. The molecule has 1 aromatic heterocycles. The number of rotatable bonds is 4. The van der Waals surface area contributed by atoms with Crippen LogP contribution in [0.15, 0.2) is 4.52 Å². The van der Waals surface area contributed by atoms with E-state index in [0.717, 1.165) is 19.3 Å². The largest absolute Gasteiger partial charge is 0.481 e. The second-order valence-electron chi connectivity index (χ2n) is 3.92. The Hall–Kier alpha value is -1.43. The number of carbonyl (C=O) groups is 1. The van der Waals surface area contributed by atoms with E-state index in [1.165, 1.54) is 0 Å². The number of carboxylic acid groups (broad SMARTS) is 1. The molecule has 0 aromatic carbocycles. The summed E-state index contributed by atoms with van der Waals surface area (Å²) in [5.74, 6) is -0.0147. The van der Waals surface area contributed by atoms with E-state index in [9.17, 15) is 4.79 Å². The molecule has 1 aliphatic carbocycles. The monoisotopic (exact) mass is 211 g/mol. The maximum absolute atomic E-state index is 10.3. The van der Waals surface area contributed by atoms with Crippen molar-refractivity contribution in [2.24, 2.45) is 5.73 Å². The number of hydrogen-bond donors (Lipinski definition) is 2. The fourth-order valence-corrected chi connectivity index (χ4v) is 1.55. The summed E-state index contributed by atoms with van der Waals surface area (Å²) in [5.41, 5.74) is 5.55. The van der Waals surface area contributed by atoms with Crippen LogP contribution in [-0.2, 0) is 16.8 Å². The summed E-state index contributed by atoms with van der Waals surface area (Å²) in [7, 11) is 0. The molecule has 1 saturated carbocycles. The zero-order chi connectivity index (χ0) is 10.9. The van der Waals surface area contributed by atoms with Gasteiger partial charge >= 0.3 is 5.97 Å². The van der Waals surface area contributed by atoms with Gasteiger partial charge in [0.2, 0.25) is 5.89 Å². The van der Waals surface area contributed by atoms with Crippen molar-refractivity contribution in [2.45, 2.75) is 37.6 Å². The third-order valence-electron chi connectivity index (χ3n) is 2.71. The highest BCUT2D eigenvalue weighted by molar-refractivity contribution is 5.66. The molecule has 6 heteroatoms. The lowest BCUT2D eigenvalue weighted by Gasteiger charge is -2.34. The highest BCUT2D eigenvalue weighted by Gasteiger charge is 2.38. The molecule has 0 unspecified atom stereocenters. The van der Waals surface area contributed by atoms with Crippen LogP contribution < -0.4 is 5.73 Å². The molecule has 0 amide bonds. The van der Waals surface area contributed by atoms with Crippen LogP contribution >= 0.6 is 0 Å². The van der Waals surface area contributed by atoms with Crippen molar-refractivity contribution in [3.8, 4) is 0 Å². The van der Waals surface area contributed by atoms with Crippen molar-refractivity contribution < 1.29 is 14.4 Å². The maximum Gasteiger partial charge on any atom is 0.303 e. The van der Waals surface area contributed by atoms with Crippen LogP contribution in [0.5, 0.6) is 0 Å². The molecule has 0 atom stereocenters. The predicted octanol–water partition coefficient (Wildman–Crippen LogP) is 0.425. The molecule has 1 aromatic rings. The first-order chi connectivity index (χ1) is 7.10. The molecule has 3 N–H and O–H groups in total. The molecule has 0 aliphatic heterocycles. The van der Waals surface area contributed by atoms with Gasteiger partial charge in [-0.2, -0.15) is 4.98 Å². The summed E-state index contributed by atoms with van der Waals surface area (Å²) >= 11 is 0. The molecule has 15 heavy (non-hydrogen) atoms. The van der Waals surface area contributed by atoms with Crippen LogP contribution in [0, 0.1) is 0 Å². The Balaban J connectivity index is 2.00. The average molecular weight is 211 g/mol. The third-order valence-corrected chi connectivity index (χ3v) is 2.71. The van der Waals surface area contributed by atoms with Crippen LogP contribution in [0.2, 0.25) is 0 Å². The smallest absolute Gasteiger partial charge is 0.303 e. The number of carboxylic acids is 1. The second-order valence-corrected chi connectivity index (χ2v) is 3.92. The van der Waals surface area contributed by atoms with Gasteiger partial charge in [0.15, 0.2) is 5.82 Å². The summed E-state index contributed by atoms with van der Waals surface area (Å²) in [6, 6.07) is 0. The first kappa shape index (κ1) is 10.1. The predicted molar refractivity (Wildman–Crippen MR) is 50.0 cm³/mol. The van der Waals surface area contributed by atoms with E-state index < -0.39 is 11.5 Å². The second kappa shape index (κ2) is 3.62. The average Bonchev–Trinajstić information content (AvgIpc) is 2.59. The zero-order valence-electron chi connectivity index (χ0n) is 8.27. The SMILES string of the molecule is NC1(c2noc(CCC(=O)O)n2)CCC1. The molecular weight excluding hydrogens is 198 g/mol. The number of hydrogen-bond acceptors (Lipinski definition) is 5. The molecule has 0 spiro atoms. The Bertz CT molecular complexity index is 370. The number of nitrogens with two attached hydrogens (primary N) is 1. The van der Waals surface area contributed by atoms with Gasteiger partial charge in [-0.15, -0.1) is 0 Å². The molecular formula is C9H13N3O3. The minimum Gasteiger partial charge on any atom is -0.481 e. The molecule has 1 heterocycles. The summed E-state index contributed by atoms with van der Waals surface area (Å²) in [4.78, 5) is 14.4. The van der Waals surface area contributed by atoms with Gasteiger partial charge in [0.05, 0.1) is 12.0 Å². The number of nitrogens with zero attached hydrogens (tertiary/aromatic N) is 2. The van der Waals surface area contributed by atoms with E-state index in [-0.39, 0.29) is 12.8 Å². The fraction of sp³-hybridized carbons (Fsp3) is 0.667. The van der Waals surface area contributed by atoms with Crippen molar-refractivity contribution in [1.29, 1.82) is 0 Å². The molecule has 82 valence electrons. The normalized spacial score (nSPS) is 18.5. The van der Waals surface area contributed by atoms with Gasteiger partial charge in [0, 0.05) is 6.42 Å². The van der Waals surface area contributed by atoms with Crippen LogP contribution in [0.25, 0.3) is 0 Å². The number of aliphatic carboxylic acids is 1. The van der Waals surface area contributed by atoms with Gasteiger partial charge in [0.25, 0.3) is 0 Å². The van der Waals surface area contributed by atoms with Crippen LogP contribution in [-0.4, -0.2) is 21.2 Å². The molecule has 1 aliphatic rings. The highest BCUT2D eigenvalue weighted by Crippen LogP contribution is 2.36. The van der Waals surface area contributed by atoms with E-state index in [4.69, 9.17) is 15.4 Å². The minimum atomic E-state index is -0.874. The topological polar surface area (TPSA) is 102 Å². The molecule has 0 radical (unpaired) electrons. The molecule has 0 saturated heterocycles. The molecule has 2 rings (SSSR count). The van der Waals surface area contributed by atoms with Crippen LogP contribution in [0.4, 0.5) is 0 Å². The first-order valence-corrected chi connectivity index (χ1v) is 4.94. The number of aromatic nitrogens is 2. The van der Waals surface area contributed by atoms with E-state index in [2.05, 4.69) is 10.1 Å². The quantitative estimate of drug-likeness (QED) is 0.748. The summed E-state index contributed by atoms with van der Waals surface area (Å²) in [6.07, 6.45) is 3.07. The minimum absolute atomic E-state index is 0.000789. The van der Waals surface area contributed by atoms with Crippen molar-refractivity contribution in [1.82, 2.24) is 10.1 Å². The van der Waals surface area contributed by atoms with Gasteiger partial charge in [-0.05, 0) is 19.3 Å². The van der Waals surface area contributed by atoms with Gasteiger partial charge in [-0.25, -0.2) is 0 Å². The van der Waals surface area contributed by atoms with Crippen molar-refractivity contribution in [2.75, 3.05) is 0 Å². The highest BCUT2D eigenvalue weighted by atomic mass is 16.5. The van der Waals surface area contributed by atoms with E-state index in [1.807, 2.05) is 0 Å². The molecule has 0 bridgehead atoms. The Morgan fingerprint density at radius 1 is 1.60 bits per heavy atom. The Labute approximate surface area is 86.5 Å². The van der Waals surface area contributed by atoms with E-state index in [0.29, 0.717) is 11.7 Å². The maximum atomic E-state index is 10.3. The first-order valence-electron chi connectivity index (χ1n) is 4.94. The summed E-state index contributed by atoms with van der Waals surface area (Å²) in [6.45, 7) is 0. The van der Waals surface area contributed by atoms with Crippen LogP contribution in [0.1, 0.15) is 37.4 Å². The van der Waals surface area contributed by atoms with Gasteiger partial charge < -0.3 is 15.4 Å². The van der Waals surface area contributed by atoms with E-state index >= 15 is 0 Å². The third kappa shape index (κ3) is 1.99. The summed E-state index contributed by atoms with van der Waals surface area (Å²) < 4.78 is 4.93. The van der Waals surface area contributed by atoms with Gasteiger partial charge in [-0.1, -0.05) is 5.16 Å². The Kier molecular flexibility index (Phi) is 2.44. The molecule has 6 nitrogen and oxygen atoms in total. The van der Waals surface area contributed by atoms with Gasteiger partial charge in [-0.3, -0.25) is 4.79 Å². The summed E-state index contributed by atoms with van der Waals surface area (Å²) in [5, 5.41) is 12.3. The Morgan fingerprint density at radius 3 is 2.87 bits per heavy atom. The Morgan fingerprint density at radius 2 is 2.33 bits per heavy atom. The molecule has 1 fully saturated rings. The lowest BCUT2D eigenvalue weighted by molar-refractivity contribution is -0.137. The van der Waals surface area contributed by atoms with Crippen molar-refractivity contribution in [3.63, 3.8) is 0 Å². The van der Waals surface area contributed by atoms with E-state index in [1.54, 1.807) is 0 Å². The standard InChI is InChI=1S/C9H13N3O3/c10-9(4-1-5-9)8-11-6(15-12-8)2-3-7(13)14/h1-5,10H2,(H,13,14). The lowest BCUT2D eigenvalue weighted by atomic mass is 9.77. The van der Waals surface area contributed by atoms with Crippen LogP contribution in [0.3, 0.4) is 0 Å².